The van der Waals surface area contributed by atoms with Gasteiger partial charge in [0, 0.05) is 0 Å². The molecule has 0 aromatic heterocycles. The second-order valence-corrected chi connectivity index (χ2v) is 7.14. The lowest BCUT2D eigenvalue weighted by Crippen LogP contribution is -2.21. The lowest BCUT2D eigenvalue weighted by molar-refractivity contribution is 0.0518. The molecule has 2 rings (SSSR count). The van der Waals surface area contributed by atoms with Gasteiger partial charge >= 0.3 is 0 Å². The standard InChI is InChI=1S/C24H32O9/c1-29-21-9-16(7-8-20(21)32-14-18(27)12-25)5-4-6-17-10-22(30-2)24(23(11-17)31-3)33-15-19(28)13-26/h4,6-11,18-19,25-28H,5,12-15H2,1-3H3. The van der Waals surface area contributed by atoms with Crippen LogP contribution in [0.4, 0.5) is 0 Å². The Morgan fingerprint density at radius 2 is 1.33 bits per heavy atom. The fourth-order valence-electron chi connectivity index (χ4n) is 2.90. The molecule has 182 valence electrons. The maximum absolute atomic E-state index is 9.54. The second kappa shape index (κ2) is 13.5. The number of methoxy groups -OCH3 is 3. The predicted octanol–water partition coefficient (Wildman–Crippen LogP) is 1.43. The Balaban J connectivity index is 2.12. The van der Waals surface area contributed by atoms with Crippen LogP contribution in [0.2, 0.25) is 0 Å². The van der Waals surface area contributed by atoms with Gasteiger partial charge in [-0.2, -0.15) is 0 Å². The SMILES string of the molecule is COc1cc(CC=Cc2cc(OC)c(OCC(O)CO)c(OC)c2)ccc1OCC(O)CO. The third-order valence-electron chi connectivity index (χ3n) is 4.65. The maximum Gasteiger partial charge on any atom is 0.203 e. The van der Waals surface area contributed by atoms with Crippen LogP contribution >= 0.6 is 0 Å². The van der Waals surface area contributed by atoms with Crippen LogP contribution in [0.15, 0.2) is 36.4 Å². The Hall–Kier alpha value is -2.98. The first-order valence-electron chi connectivity index (χ1n) is 10.4. The van der Waals surface area contributed by atoms with E-state index < -0.39 is 18.8 Å². The molecule has 33 heavy (non-hydrogen) atoms. The van der Waals surface area contributed by atoms with Crippen molar-refractivity contribution in [3.05, 3.63) is 47.5 Å². The summed E-state index contributed by atoms with van der Waals surface area (Å²) in [7, 11) is 4.55. The highest BCUT2D eigenvalue weighted by molar-refractivity contribution is 5.62. The average Bonchev–Trinajstić information content (AvgIpc) is 2.85. The van der Waals surface area contributed by atoms with Gasteiger partial charge in [0.2, 0.25) is 5.75 Å². The molecule has 0 spiro atoms. The zero-order valence-electron chi connectivity index (χ0n) is 19.1. The molecule has 0 aliphatic carbocycles. The van der Waals surface area contributed by atoms with E-state index in [2.05, 4.69) is 0 Å². The third-order valence-corrected chi connectivity index (χ3v) is 4.65. The number of aliphatic hydroxyl groups excluding tert-OH is 4. The normalized spacial score (nSPS) is 12.9. The van der Waals surface area contributed by atoms with Crippen molar-refractivity contribution < 1.29 is 44.1 Å². The summed E-state index contributed by atoms with van der Waals surface area (Å²) >= 11 is 0. The van der Waals surface area contributed by atoms with Crippen LogP contribution in [0.25, 0.3) is 6.08 Å². The van der Waals surface area contributed by atoms with E-state index in [-0.39, 0.29) is 19.8 Å². The number of allylic oxidation sites excluding steroid dienone is 1. The Labute approximate surface area is 193 Å². The number of ether oxygens (including phenoxy) is 5. The van der Waals surface area contributed by atoms with E-state index in [4.69, 9.17) is 33.9 Å². The van der Waals surface area contributed by atoms with Gasteiger partial charge in [0.15, 0.2) is 23.0 Å². The zero-order chi connectivity index (χ0) is 24.2. The van der Waals surface area contributed by atoms with E-state index in [9.17, 15) is 10.2 Å². The Morgan fingerprint density at radius 1 is 0.758 bits per heavy atom. The number of hydrogen-bond donors (Lipinski definition) is 4. The van der Waals surface area contributed by atoms with Crippen LogP contribution in [-0.2, 0) is 6.42 Å². The smallest absolute Gasteiger partial charge is 0.203 e. The molecule has 0 radical (unpaired) electrons. The van der Waals surface area contributed by atoms with Crippen molar-refractivity contribution in [3.63, 3.8) is 0 Å². The lowest BCUT2D eigenvalue weighted by atomic mass is 10.1. The van der Waals surface area contributed by atoms with Crippen molar-refractivity contribution in [1.29, 1.82) is 0 Å². The van der Waals surface area contributed by atoms with Gasteiger partial charge in [-0.05, 0) is 41.8 Å². The van der Waals surface area contributed by atoms with Gasteiger partial charge in [-0.3, -0.25) is 0 Å². The number of benzene rings is 2. The zero-order valence-corrected chi connectivity index (χ0v) is 19.1. The summed E-state index contributed by atoms with van der Waals surface area (Å²) in [6.45, 7) is -0.917. The van der Waals surface area contributed by atoms with Crippen LogP contribution in [0.3, 0.4) is 0 Å². The fraction of sp³-hybridized carbons (Fsp3) is 0.417. The number of rotatable bonds is 14. The van der Waals surface area contributed by atoms with Crippen LogP contribution in [0.1, 0.15) is 11.1 Å². The molecular formula is C24H32O9. The highest BCUT2D eigenvalue weighted by Gasteiger charge is 2.15. The molecule has 2 atom stereocenters. The number of aliphatic hydroxyl groups is 4. The minimum absolute atomic E-state index is 0.0333. The van der Waals surface area contributed by atoms with E-state index in [1.54, 1.807) is 18.2 Å². The number of hydrogen-bond acceptors (Lipinski definition) is 9. The Bertz CT molecular complexity index is 872. The largest absolute Gasteiger partial charge is 0.493 e. The third kappa shape index (κ3) is 7.83. The summed E-state index contributed by atoms with van der Waals surface area (Å²) in [4.78, 5) is 0. The minimum atomic E-state index is -1.01. The Morgan fingerprint density at radius 3 is 1.88 bits per heavy atom. The van der Waals surface area contributed by atoms with E-state index in [0.29, 0.717) is 35.2 Å². The molecule has 0 saturated carbocycles. The van der Waals surface area contributed by atoms with E-state index >= 15 is 0 Å². The Kier molecular flexibility index (Phi) is 10.8. The van der Waals surface area contributed by atoms with E-state index in [0.717, 1.165) is 11.1 Å². The molecule has 0 bridgehead atoms. The summed E-state index contributed by atoms with van der Waals surface area (Å²) in [5.74, 6) is 2.23. The first-order valence-corrected chi connectivity index (χ1v) is 10.4. The van der Waals surface area contributed by atoms with Crippen molar-refractivity contribution in [2.75, 3.05) is 47.8 Å². The molecule has 2 aromatic carbocycles. The molecule has 2 aromatic rings. The highest BCUT2D eigenvalue weighted by atomic mass is 16.5. The van der Waals surface area contributed by atoms with E-state index in [1.165, 1.54) is 21.3 Å². The first-order chi connectivity index (χ1) is 15.9. The molecule has 0 heterocycles. The lowest BCUT2D eigenvalue weighted by Gasteiger charge is -2.16. The quantitative estimate of drug-likeness (QED) is 0.328. The molecule has 0 fully saturated rings. The van der Waals surface area contributed by atoms with Gasteiger partial charge in [0.05, 0.1) is 34.5 Å². The first kappa shape index (κ1) is 26.3. The predicted molar refractivity (Wildman–Crippen MR) is 122 cm³/mol. The van der Waals surface area contributed by atoms with Crippen molar-refractivity contribution in [2.45, 2.75) is 18.6 Å². The summed E-state index contributed by atoms with van der Waals surface area (Å²) < 4.78 is 27.2. The van der Waals surface area contributed by atoms with Crippen LogP contribution in [0, 0.1) is 0 Å². The molecule has 0 amide bonds. The van der Waals surface area contributed by atoms with E-state index in [1.807, 2.05) is 24.3 Å². The average molecular weight is 465 g/mol. The highest BCUT2D eigenvalue weighted by Crippen LogP contribution is 2.39. The molecule has 0 aliphatic heterocycles. The maximum atomic E-state index is 9.54. The summed E-state index contributed by atoms with van der Waals surface area (Å²) in [5.41, 5.74) is 1.80. The molecular weight excluding hydrogens is 432 g/mol. The molecule has 2 unspecified atom stereocenters. The summed E-state index contributed by atoms with van der Waals surface area (Å²) in [5, 5.41) is 36.9. The van der Waals surface area contributed by atoms with Gasteiger partial charge in [-0.25, -0.2) is 0 Å². The monoisotopic (exact) mass is 464 g/mol. The van der Waals surface area contributed by atoms with Crippen molar-refractivity contribution in [2.24, 2.45) is 0 Å². The van der Waals surface area contributed by atoms with Crippen molar-refractivity contribution >= 4 is 6.08 Å². The molecule has 9 nitrogen and oxygen atoms in total. The van der Waals surface area contributed by atoms with Crippen molar-refractivity contribution in [3.8, 4) is 28.7 Å². The van der Waals surface area contributed by atoms with Gasteiger partial charge in [0.1, 0.15) is 25.4 Å². The van der Waals surface area contributed by atoms with Crippen LogP contribution in [0.5, 0.6) is 28.7 Å². The molecule has 0 aliphatic rings. The fourth-order valence-corrected chi connectivity index (χ4v) is 2.90. The molecule has 0 saturated heterocycles. The van der Waals surface area contributed by atoms with Crippen LogP contribution in [-0.4, -0.2) is 80.4 Å². The second-order valence-electron chi connectivity index (χ2n) is 7.14. The van der Waals surface area contributed by atoms with Gasteiger partial charge < -0.3 is 44.1 Å². The van der Waals surface area contributed by atoms with Gasteiger partial charge in [-0.1, -0.05) is 18.2 Å². The van der Waals surface area contributed by atoms with Gasteiger partial charge in [-0.15, -0.1) is 0 Å². The summed E-state index contributed by atoms with van der Waals surface area (Å²) in [6.07, 6.45) is 2.53. The van der Waals surface area contributed by atoms with Crippen LogP contribution < -0.4 is 23.7 Å². The summed E-state index contributed by atoms with van der Waals surface area (Å²) in [6, 6.07) is 9.05. The molecule has 9 heteroatoms. The van der Waals surface area contributed by atoms with Gasteiger partial charge in [0.25, 0.3) is 0 Å². The van der Waals surface area contributed by atoms with Crippen molar-refractivity contribution in [1.82, 2.24) is 0 Å². The molecule has 4 N–H and O–H groups in total. The minimum Gasteiger partial charge on any atom is -0.493 e. The topological polar surface area (TPSA) is 127 Å².